The Bertz CT molecular complexity index is 1350. The van der Waals surface area contributed by atoms with Crippen molar-refractivity contribution in [1.82, 2.24) is 19.8 Å². The number of rotatable bonds is 10. The molecule has 5 rings (SSSR count). The summed E-state index contributed by atoms with van der Waals surface area (Å²) in [5, 5.41) is 12.6. The van der Waals surface area contributed by atoms with Crippen molar-refractivity contribution < 1.29 is 14.6 Å². The molecule has 40 heavy (non-hydrogen) atoms. The number of fused-ring (bicyclic) bond motifs is 2. The third kappa shape index (κ3) is 5.99. The molecule has 0 radical (unpaired) electrons. The van der Waals surface area contributed by atoms with Crippen molar-refractivity contribution in [1.29, 1.82) is 0 Å². The van der Waals surface area contributed by atoms with Crippen LogP contribution in [0.5, 0.6) is 11.8 Å². The third-order valence-electron chi connectivity index (χ3n) is 7.88. The molecule has 0 bridgehead atoms. The van der Waals surface area contributed by atoms with Crippen LogP contribution < -0.4 is 14.5 Å². The molecule has 1 fully saturated rings. The van der Waals surface area contributed by atoms with Crippen LogP contribution in [0.3, 0.4) is 0 Å². The van der Waals surface area contributed by atoms with Crippen LogP contribution in [0.4, 0.5) is 11.5 Å². The standard InChI is InChI=1S/C31H40N6O3/c1-4-12-34(6-3)18-19-40-31-32-27-22-37(28-21-24(38)20-23-9-7-8-10-25(23)28)13-11-26(27)30(33-31)36-16-14-35(15-17-36)29(39)5-2/h5,7-10,20-21,38H,2,4,6,11-19,22H2,1,3H3. The van der Waals surface area contributed by atoms with E-state index in [1.807, 2.05) is 29.2 Å². The highest BCUT2D eigenvalue weighted by Gasteiger charge is 2.29. The first-order chi connectivity index (χ1) is 19.5. The Hall–Kier alpha value is -3.85. The first-order valence-corrected chi connectivity index (χ1v) is 14.4. The van der Waals surface area contributed by atoms with Crippen LogP contribution in [0, 0.1) is 0 Å². The lowest BCUT2D eigenvalue weighted by atomic mass is 10.0. The molecule has 1 amide bonds. The van der Waals surface area contributed by atoms with Crippen LogP contribution in [-0.4, -0.2) is 89.7 Å². The molecule has 0 aliphatic carbocycles. The Kier molecular flexibility index (Phi) is 8.69. The van der Waals surface area contributed by atoms with E-state index < -0.39 is 0 Å². The van der Waals surface area contributed by atoms with Gasteiger partial charge in [-0.05, 0) is 43.5 Å². The molecule has 2 aromatic carbocycles. The quantitative estimate of drug-likeness (QED) is 0.386. The van der Waals surface area contributed by atoms with Gasteiger partial charge >= 0.3 is 6.01 Å². The number of phenols is 1. The highest BCUT2D eigenvalue weighted by Crippen LogP contribution is 2.36. The molecule has 9 heteroatoms. The summed E-state index contributed by atoms with van der Waals surface area (Å²) < 4.78 is 6.16. The average molecular weight is 545 g/mol. The zero-order valence-corrected chi connectivity index (χ0v) is 23.7. The number of carbonyl (C=O) groups is 1. The zero-order chi connectivity index (χ0) is 28.1. The van der Waals surface area contributed by atoms with Gasteiger partial charge in [0.25, 0.3) is 0 Å². The highest BCUT2D eigenvalue weighted by atomic mass is 16.5. The Morgan fingerprint density at radius 3 is 2.62 bits per heavy atom. The lowest BCUT2D eigenvalue weighted by Crippen LogP contribution is -2.49. The van der Waals surface area contributed by atoms with E-state index in [1.165, 1.54) is 6.08 Å². The molecule has 0 saturated carbocycles. The van der Waals surface area contributed by atoms with Crippen LogP contribution in [0.15, 0.2) is 49.1 Å². The number of hydrogen-bond donors (Lipinski definition) is 1. The number of anilines is 2. The summed E-state index contributed by atoms with van der Waals surface area (Å²) in [5.74, 6) is 1.13. The second-order valence-corrected chi connectivity index (χ2v) is 10.4. The average Bonchev–Trinajstić information content (AvgIpc) is 2.99. The van der Waals surface area contributed by atoms with Gasteiger partial charge < -0.3 is 29.4 Å². The molecule has 1 saturated heterocycles. The summed E-state index contributed by atoms with van der Waals surface area (Å²) in [6.45, 7) is 15.4. The smallest absolute Gasteiger partial charge is 0.318 e. The fraction of sp³-hybridized carbons (Fsp3) is 0.452. The maximum absolute atomic E-state index is 12.1. The molecule has 1 aromatic heterocycles. The van der Waals surface area contributed by atoms with Gasteiger partial charge in [0.15, 0.2) is 0 Å². The van der Waals surface area contributed by atoms with Crippen molar-refractivity contribution in [2.24, 2.45) is 0 Å². The predicted octanol–water partition coefficient (Wildman–Crippen LogP) is 3.84. The lowest BCUT2D eigenvalue weighted by Gasteiger charge is -2.38. The number of hydrogen-bond acceptors (Lipinski definition) is 8. The van der Waals surface area contributed by atoms with Crippen molar-refractivity contribution in [2.75, 3.05) is 68.8 Å². The minimum Gasteiger partial charge on any atom is -0.508 e. The fourth-order valence-electron chi connectivity index (χ4n) is 5.73. The van der Waals surface area contributed by atoms with Crippen molar-refractivity contribution in [3.05, 3.63) is 60.3 Å². The van der Waals surface area contributed by atoms with Crippen LogP contribution in [0.25, 0.3) is 10.8 Å². The van der Waals surface area contributed by atoms with Crippen molar-refractivity contribution in [3.63, 3.8) is 0 Å². The maximum Gasteiger partial charge on any atom is 0.318 e. The zero-order valence-electron chi connectivity index (χ0n) is 23.7. The number of benzene rings is 2. The van der Waals surface area contributed by atoms with E-state index in [0.717, 1.165) is 72.6 Å². The van der Waals surface area contributed by atoms with Gasteiger partial charge in [-0.1, -0.05) is 44.7 Å². The summed E-state index contributed by atoms with van der Waals surface area (Å²) in [6.07, 6.45) is 3.26. The van der Waals surface area contributed by atoms with Gasteiger partial charge in [0.1, 0.15) is 18.2 Å². The first kappa shape index (κ1) is 27.7. The summed E-state index contributed by atoms with van der Waals surface area (Å²) in [4.78, 5) is 30.7. The molecule has 1 N–H and O–H groups in total. The van der Waals surface area contributed by atoms with Gasteiger partial charge in [-0.3, -0.25) is 4.79 Å². The van der Waals surface area contributed by atoms with Gasteiger partial charge in [0, 0.05) is 62.0 Å². The van der Waals surface area contributed by atoms with Crippen LogP contribution >= 0.6 is 0 Å². The van der Waals surface area contributed by atoms with E-state index in [9.17, 15) is 9.90 Å². The number of amides is 1. The van der Waals surface area contributed by atoms with E-state index in [1.54, 1.807) is 6.07 Å². The molecule has 0 spiro atoms. The van der Waals surface area contributed by atoms with Gasteiger partial charge in [-0.25, -0.2) is 0 Å². The second kappa shape index (κ2) is 12.6. The minimum absolute atomic E-state index is 0.0325. The van der Waals surface area contributed by atoms with E-state index in [-0.39, 0.29) is 11.7 Å². The number of piperazine rings is 1. The fourth-order valence-corrected chi connectivity index (χ4v) is 5.73. The van der Waals surface area contributed by atoms with Crippen LogP contribution in [-0.2, 0) is 17.8 Å². The molecule has 0 unspecified atom stereocenters. The Morgan fingerprint density at radius 1 is 1.07 bits per heavy atom. The number of aromatic hydroxyl groups is 1. The number of likely N-dealkylation sites (N-methyl/N-ethyl adjacent to an activating group) is 1. The Balaban J connectivity index is 1.43. The van der Waals surface area contributed by atoms with Gasteiger partial charge in [0.05, 0.1) is 12.2 Å². The maximum atomic E-state index is 12.1. The summed E-state index contributed by atoms with van der Waals surface area (Å²) >= 11 is 0. The normalized spacial score (nSPS) is 15.4. The number of aromatic nitrogens is 2. The Morgan fingerprint density at radius 2 is 1.88 bits per heavy atom. The number of ether oxygens (including phenoxy) is 1. The van der Waals surface area contributed by atoms with Crippen LogP contribution in [0.1, 0.15) is 31.5 Å². The van der Waals surface area contributed by atoms with E-state index >= 15 is 0 Å². The van der Waals surface area contributed by atoms with Gasteiger partial charge in [-0.2, -0.15) is 9.97 Å². The Labute approximate surface area is 236 Å². The number of carbonyl (C=O) groups excluding carboxylic acids is 1. The molecule has 3 heterocycles. The molecule has 3 aromatic rings. The molecule has 9 nitrogen and oxygen atoms in total. The molecule has 2 aliphatic rings. The van der Waals surface area contributed by atoms with Crippen molar-refractivity contribution in [3.8, 4) is 11.8 Å². The summed E-state index contributed by atoms with van der Waals surface area (Å²) in [5.41, 5.74) is 3.08. The molecule has 212 valence electrons. The third-order valence-corrected chi connectivity index (χ3v) is 7.88. The molecular weight excluding hydrogens is 504 g/mol. The second-order valence-electron chi connectivity index (χ2n) is 10.4. The number of nitrogens with zero attached hydrogens (tertiary/aromatic N) is 6. The van der Waals surface area contributed by atoms with Crippen molar-refractivity contribution >= 4 is 28.2 Å². The SMILES string of the molecule is C=CC(=O)N1CCN(c2nc(OCCN(CC)CCC)nc3c2CCN(c2cc(O)cc4ccccc24)C3)CC1. The number of phenolic OH excluding ortho intramolecular Hbond substituents is 1. The van der Waals surface area contributed by atoms with Crippen LogP contribution in [0.2, 0.25) is 0 Å². The summed E-state index contributed by atoms with van der Waals surface area (Å²) in [7, 11) is 0. The van der Waals surface area contributed by atoms with E-state index in [4.69, 9.17) is 14.7 Å². The predicted molar refractivity (Wildman–Crippen MR) is 159 cm³/mol. The molecule has 2 aliphatic heterocycles. The topological polar surface area (TPSA) is 85.3 Å². The minimum atomic E-state index is -0.0325. The molecular formula is C31H40N6O3. The van der Waals surface area contributed by atoms with E-state index in [0.29, 0.717) is 45.3 Å². The first-order valence-electron chi connectivity index (χ1n) is 14.4. The van der Waals surface area contributed by atoms with E-state index in [2.05, 4.69) is 41.2 Å². The lowest BCUT2D eigenvalue weighted by molar-refractivity contribution is -0.126. The van der Waals surface area contributed by atoms with Crippen molar-refractivity contribution in [2.45, 2.75) is 33.2 Å². The molecule has 0 atom stereocenters. The largest absolute Gasteiger partial charge is 0.508 e. The summed E-state index contributed by atoms with van der Waals surface area (Å²) in [6, 6.07) is 12.2. The highest BCUT2D eigenvalue weighted by molar-refractivity contribution is 5.95. The monoisotopic (exact) mass is 544 g/mol. The van der Waals surface area contributed by atoms with Gasteiger partial charge in [-0.15, -0.1) is 0 Å². The van der Waals surface area contributed by atoms with Gasteiger partial charge in [0.2, 0.25) is 5.91 Å².